The van der Waals surface area contributed by atoms with Gasteiger partial charge in [-0.1, -0.05) is 0 Å². The van der Waals surface area contributed by atoms with E-state index < -0.39 is 11.6 Å². The molecule has 0 aromatic heterocycles. The molecule has 0 bridgehead atoms. The van der Waals surface area contributed by atoms with E-state index in [0.29, 0.717) is 24.9 Å². The van der Waals surface area contributed by atoms with Crippen LogP contribution >= 0.6 is 0 Å². The van der Waals surface area contributed by atoms with Crippen LogP contribution in [0.2, 0.25) is 0 Å². The summed E-state index contributed by atoms with van der Waals surface area (Å²) >= 11 is 0. The summed E-state index contributed by atoms with van der Waals surface area (Å²) in [4.78, 5) is 11.4. The minimum atomic E-state index is -0.599. The number of hydrogen-bond acceptors (Lipinski definition) is 2. The minimum Gasteiger partial charge on any atom is -0.356 e. The van der Waals surface area contributed by atoms with E-state index in [2.05, 4.69) is 5.32 Å². The molecule has 1 atom stereocenters. The number of hydrogen-bond donors (Lipinski definition) is 2. The van der Waals surface area contributed by atoms with Crippen LogP contribution in [0.3, 0.4) is 0 Å². The molecule has 0 aliphatic carbocycles. The molecule has 3 nitrogen and oxygen atoms in total. The minimum absolute atomic E-state index is 0.0578. The molecule has 0 fully saturated rings. The van der Waals surface area contributed by atoms with Crippen LogP contribution in [0.15, 0.2) is 18.2 Å². The molecule has 1 aromatic rings. The summed E-state index contributed by atoms with van der Waals surface area (Å²) in [5, 5.41) is 2.72. The highest BCUT2D eigenvalue weighted by Crippen LogP contribution is 2.08. The van der Waals surface area contributed by atoms with Gasteiger partial charge in [0.25, 0.3) is 0 Å². The van der Waals surface area contributed by atoms with Crippen molar-refractivity contribution in [2.45, 2.75) is 38.6 Å². The van der Waals surface area contributed by atoms with E-state index in [9.17, 15) is 13.6 Å². The fourth-order valence-corrected chi connectivity index (χ4v) is 1.77. The maximum absolute atomic E-state index is 12.9. The fourth-order valence-electron chi connectivity index (χ4n) is 1.77. The first-order valence-electron chi connectivity index (χ1n) is 6.44. The molecule has 0 saturated heterocycles. The monoisotopic (exact) mass is 270 g/mol. The third kappa shape index (κ3) is 6.86. The number of nitrogens with one attached hydrogen (secondary N) is 1. The standard InChI is InChI=1S/C14H20F2N2O/c1-10(17)3-2-4-14(19)18-6-5-11-7-12(15)9-13(16)8-11/h7-10H,2-6,17H2,1H3,(H,18,19). The molecule has 0 heterocycles. The van der Waals surface area contributed by atoms with Gasteiger partial charge < -0.3 is 11.1 Å². The summed E-state index contributed by atoms with van der Waals surface area (Å²) in [6.07, 6.45) is 2.40. The molecule has 0 radical (unpaired) electrons. The quantitative estimate of drug-likeness (QED) is 0.797. The van der Waals surface area contributed by atoms with Gasteiger partial charge in [-0.25, -0.2) is 8.78 Å². The fraction of sp³-hybridized carbons (Fsp3) is 0.500. The lowest BCUT2D eigenvalue weighted by Crippen LogP contribution is -2.26. The van der Waals surface area contributed by atoms with Crippen molar-refractivity contribution in [3.8, 4) is 0 Å². The second-order valence-electron chi connectivity index (χ2n) is 4.75. The topological polar surface area (TPSA) is 55.1 Å². The third-order valence-corrected chi connectivity index (χ3v) is 2.72. The Labute approximate surface area is 112 Å². The zero-order valence-electron chi connectivity index (χ0n) is 11.1. The number of halogens is 2. The van der Waals surface area contributed by atoms with Crippen molar-refractivity contribution < 1.29 is 13.6 Å². The summed E-state index contributed by atoms with van der Waals surface area (Å²) in [5.41, 5.74) is 6.12. The first kappa shape index (κ1) is 15.6. The van der Waals surface area contributed by atoms with E-state index in [1.54, 1.807) is 0 Å². The van der Waals surface area contributed by atoms with Crippen LogP contribution < -0.4 is 11.1 Å². The Balaban J connectivity index is 2.24. The third-order valence-electron chi connectivity index (χ3n) is 2.72. The molecular weight excluding hydrogens is 250 g/mol. The number of rotatable bonds is 7. The molecule has 1 amide bonds. The number of carbonyl (C=O) groups is 1. The molecule has 0 spiro atoms. The van der Waals surface area contributed by atoms with Gasteiger partial charge in [0.2, 0.25) is 5.91 Å². The number of benzene rings is 1. The van der Waals surface area contributed by atoms with Crippen molar-refractivity contribution in [2.75, 3.05) is 6.54 Å². The molecule has 0 saturated carbocycles. The van der Waals surface area contributed by atoms with Crippen LogP contribution in [0.4, 0.5) is 8.78 Å². The highest BCUT2D eigenvalue weighted by Gasteiger charge is 2.04. The van der Waals surface area contributed by atoms with E-state index >= 15 is 0 Å². The second kappa shape index (κ2) is 7.84. The molecule has 0 aliphatic heterocycles. The van der Waals surface area contributed by atoms with E-state index in [1.165, 1.54) is 12.1 Å². The molecule has 1 aromatic carbocycles. The predicted octanol–water partition coefficient (Wildman–Crippen LogP) is 2.14. The summed E-state index contributed by atoms with van der Waals surface area (Å²) in [6.45, 7) is 2.27. The lowest BCUT2D eigenvalue weighted by Gasteiger charge is -2.07. The van der Waals surface area contributed by atoms with Gasteiger partial charge in [0, 0.05) is 25.1 Å². The van der Waals surface area contributed by atoms with Crippen LogP contribution in [0.5, 0.6) is 0 Å². The van der Waals surface area contributed by atoms with E-state index in [4.69, 9.17) is 5.73 Å². The van der Waals surface area contributed by atoms with Gasteiger partial charge in [-0.15, -0.1) is 0 Å². The van der Waals surface area contributed by atoms with Gasteiger partial charge in [-0.2, -0.15) is 0 Å². The van der Waals surface area contributed by atoms with Crippen molar-refractivity contribution in [3.63, 3.8) is 0 Å². The van der Waals surface area contributed by atoms with E-state index in [-0.39, 0.29) is 11.9 Å². The Hall–Kier alpha value is -1.49. The van der Waals surface area contributed by atoms with Crippen LogP contribution in [0.1, 0.15) is 31.7 Å². The predicted molar refractivity (Wildman–Crippen MR) is 70.6 cm³/mol. The maximum atomic E-state index is 12.9. The van der Waals surface area contributed by atoms with Crippen LogP contribution in [0, 0.1) is 11.6 Å². The summed E-state index contributed by atoms with van der Waals surface area (Å²) < 4.78 is 25.8. The van der Waals surface area contributed by atoms with Crippen LogP contribution in [-0.4, -0.2) is 18.5 Å². The van der Waals surface area contributed by atoms with Crippen LogP contribution in [0.25, 0.3) is 0 Å². The van der Waals surface area contributed by atoms with Crippen molar-refractivity contribution in [3.05, 3.63) is 35.4 Å². The Morgan fingerprint density at radius 3 is 2.53 bits per heavy atom. The summed E-state index contributed by atoms with van der Waals surface area (Å²) in [5.74, 6) is -1.26. The van der Waals surface area contributed by atoms with Gasteiger partial charge in [-0.3, -0.25) is 4.79 Å². The van der Waals surface area contributed by atoms with Gasteiger partial charge in [0.15, 0.2) is 0 Å². The van der Waals surface area contributed by atoms with Gasteiger partial charge in [0.05, 0.1) is 0 Å². The number of carbonyl (C=O) groups excluding carboxylic acids is 1. The first-order chi connectivity index (χ1) is 8.97. The van der Waals surface area contributed by atoms with E-state index in [0.717, 1.165) is 18.9 Å². The Morgan fingerprint density at radius 1 is 1.32 bits per heavy atom. The average Bonchev–Trinajstić information content (AvgIpc) is 2.27. The van der Waals surface area contributed by atoms with Crippen molar-refractivity contribution in [1.82, 2.24) is 5.32 Å². The molecule has 106 valence electrons. The second-order valence-corrected chi connectivity index (χ2v) is 4.75. The Bertz CT molecular complexity index is 402. The first-order valence-corrected chi connectivity index (χ1v) is 6.44. The average molecular weight is 270 g/mol. The SMILES string of the molecule is CC(N)CCCC(=O)NCCc1cc(F)cc(F)c1. The summed E-state index contributed by atoms with van der Waals surface area (Å²) in [7, 11) is 0. The Morgan fingerprint density at radius 2 is 1.95 bits per heavy atom. The molecular formula is C14H20F2N2O. The van der Waals surface area contributed by atoms with Gasteiger partial charge in [0.1, 0.15) is 11.6 Å². The van der Waals surface area contributed by atoms with Crippen molar-refractivity contribution in [1.29, 1.82) is 0 Å². The normalized spacial score (nSPS) is 12.2. The van der Waals surface area contributed by atoms with Gasteiger partial charge >= 0.3 is 0 Å². The molecule has 5 heteroatoms. The molecule has 1 rings (SSSR count). The zero-order chi connectivity index (χ0) is 14.3. The van der Waals surface area contributed by atoms with Crippen LogP contribution in [-0.2, 0) is 11.2 Å². The summed E-state index contributed by atoms with van der Waals surface area (Å²) in [6, 6.07) is 3.47. The highest BCUT2D eigenvalue weighted by atomic mass is 19.1. The van der Waals surface area contributed by atoms with E-state index in [1.807, 2.05) is 6.92 Å². The Kier molecular flexibility index (Phi) is 6.42. The highest BCUT2D eigenvalue weighted by molar-refractivity contribution is 5.75. The van der Waals surface area contributed by atoms with Crippen molar-refractivity contribution >= 4 is 5.91 Å². The molecule has 1 unspecified atom stereocenters. The smallest absolute Gasteiger partial charge is 0.220 e. The largest absolute Gasteiger partial charge is 0.356 e. The zero-order valence-corrected chi connectivity index (χ0v) is 11.1. The molecule has 3 N–H and O–H groups in total. The maximum Gasteiger partial charge on any atom is 0.220 e. The van der Waals surface area contributed by atoms with Gasteiger partial charge in [-0.05, 0) is 43.9 Å². The number of nitrogens with two attached hydrogens (primary N) is 1. The molecule has 0 aliphatic rings. The lowest BCUT2D eigenvalue weighted by atomic mass is 10.1. The lowest BCUT2D eigenvalue weighted by molar-refractivity contribution is -0.121. The number of amides is 1. The molecule has 19 heavy (non-hydrogen) atoms. The van der Waals surface area contributed by atoms with Crippen molar-refractivity contribution in [2.24, 2.45) is 5.73 Å².